The van der Waals surface area contributed by atoms with Crippen LogP contribution in [-0.2, 0) is 29.3 Å². The highest BCUT2D eigenvalue weighted by molar-refractivity contribution is 7.16. The van der Waals surface area contributed by atoms with Gasteiger partial charge in [0.2, 0.25) is 0 Å². The fraction of sp³-hybridized carbons (Fsp3) is 0.400. The molecule has 4 aromatic heterocycles. The minimum atomic E-state index is -2.99. The van der Waals surface area contributed by atoms with Crippen LogP contribution in [0.15, 0.2) is 49.3 Å². The minimum absolute atomic E-state index is 0.0381. The number of rotatable bonds is 5. The van der Waals surface area contributed by atoms with Gasteiger partial charge in [-0.2, -0.15) is 13.9 Å². The summed E-state index contributed by atoms with van der Waals surface area (Å²) in [4.78, 5) is 11.6. The molecule has 0 aromatic carbocycles. The van der Waals surface area contributed by atoms with E-state index < -0.39 is 18.1 Å². The van der Waals surface area contributed by atoms with Crippen LogP contribution in [0.25, 0.3) is 5.82 Å². The quantitative estimate of drug-likeness (QED) is 0.357. The van der Waals surface area contributed by atoms with Crippen molar-refractivity contribution < 1.29 is 13.5 Å². The van der Waals surface area contributed by atoms with Crippen LogP contribution in [0.2, 0.25) is 4.34 Å². The minimum Gasteiger partial charge on any atom is -0.363 e. The maximum Gasteiger partial charge on any atom is 0.297 e. The maximum atomic E-state index is 14.4. The molecule has 0 bridgehead atoms. The molecule has 1 spiro atoms. The van der Waals surface area contributed by atoms with Crippen LogP contribution in [0.4, 0.5) is 8.78 Å². The summed E-state index contributed by atoms with van der Waals surface area (Å²) in [7, 11) is 0. The molecule has 2 aliphatic rings. The molecular weight excluding hydrogens is 506 g/mol. The summed E-state index contributed by atoms with van der Waals surface area (Å²) >= 11 is 7.36. The molecule has 0 radical (unpaired) electrons. The second-order valence-electron chi connectivity index (χ2n) is 9.46. The van der Waals surface area contributed by atoms with Crippen molar-refractivity contribution in [3.05, 3.63) is 80.9 Å². The summed E-state index contributed by atoms with van der Waals surface area (Å²) in [6, 6.07) is 5.38. The number of aromatic nitrogens is 5. The number of ether oxygens (including phenoxy) is 1. The summed E-state index contributed by atoms with van der Waals surface area (Å²) in [5.41, 5.74) is 2.45. The average molecular weight is 531 g/mol. The van der Waals surface area contributed by atoms with Crippen LogP contribution in [0, 0.1) is 6.92 Å². The van der Waals surface area contributed by atoms with Gasteiger partial charge in [0.25, 0.3) is 5.92 Å². The van der Waals surface area contributed by atoms with Crippen LogP contribution in [0.5, 0.6) is 0 Å². The Labute approximate surface area is 216 Å². The molecule has 0 saturated carbocycles. The summed E-state index contributed by atoms with van der Waals surface area (Å²) in [5, 5.41) is 4.75. The van der Waals surface area contributed by atoms with Gasteiger partial charge in [0.15, 0.2) is 5.82 Å². The number of likely N-dealkylation sites (tertiary alicyclic amines) is 1. The van der Waals surface area contributed by atoms with E-state index in [1.807, 2.05) is 40.7 Å². The normalized spacial score (nSPS) is 19.0. The number of piperidine rings is 1. The largest absolute Gasteiger partial charge is 0.363 e. The van der Waals surface area contributed by atoms with E-state index in [4.69, 9.17) is 21.4 Å². The van der Waals surface area contributed by atoms with Gasteiger partial charge in [-0.15, -0.1) is 11.3 Å². The van der Waals surface area contributed by atoms with Gasteiger partial charge >= 0.3 is 0 Å². The van der Waals surface area contributed by atoms with Crippen LogP contribution < -0.4 is 0 Å². The predicted molar refractivity (Wildman–Crippen MR) is 133 cm³/mol. The highest BCUT2D eigenvalue weighted by Crippen LogP contribution is 2.52. The second-order valence-corrected chi connectivity index (χ2v) is 11.1. The Morgan fingerprint density at radius 3 is 2.78 bits per heavy atom. The summed E-state index contributed by atoms with van der Waals surface area (Å²) in [5.74, 6) is -2.20. The van der Waals surface area contributed by atoms with Crippen molar-refractivity contribution in [3.8, 4) is 5.82 Å². The lowest BCUT2D eigenvalue weighted by Crippen LogP contribution is -2.48. The summed E-state index contributed by atoms with van der Waals surface area (Å²) in [6.45, 7) is 4.26. The fourth-order valence-electron chi connectivity index (χ4n) is 5.12. The van der Waals surface area contributed by atoms with Crippen LogP contribution in [0.3, 0.4) is 0 Å². The van der Waals surface area contributed by atoms with Crippen molar-refractivity contribution in [1.29, 1.82) is 0 Å². The molecule has 188 valence electrons. The van der Waals surface area contributed by atoms with Crippen molar-refractivity contribution in [2.24, 2.45) is 0 Å². The molecule has 4 aromatic rings. The molecule has 1 saturated heterocycles. The monoisotopic (exact) mass is 530 g/mol. The lowest BCUT2D eigenvalue weighted by molar-refractivity contribution is -0.182. The SMILES string of the molecule is Cc1nn(-c2ncccc2Cn2ccnc2)cc1CN1CCC2(CC1)OCC(F)(F)c1cc(Cl)sc12. The third-order valence-corrected chi connectivity index (χ3v) is 8.54. The standard InChI is InChI=1S/C25H25ClF2N6OS/c1-17-19(14-34(31-17)23-18(3-2-6-30-23)12-33-10-7-29-16-33)13-32-8-4-24(5-9-32)22-20(11-21(26)36-22)25(27,28)15-35-24/h2-3,6-7,10-11,14,16H,4-5,8-9,12-13,15H2,1H3. The van der Waals surface area contributed by atoms with Gasteiger partial charge < -0.3 is 9.30 Å². The van der Waals surface area contributed by atoms with Gasteiger partial charge in [0.05, 0.1) is 22.9 Å². The first-order chi connectivity index (χ1) is 17.3. The number of fused-ring (bicyclic) bond motifs is 2. The van der Waals surface area contributed by atoms with E-state index in [0.717, 1.165) is 42.3 Å². The molecule has 6 rings (SSSR count). The number of thiophene rings is 1. The summed E-state index contributed by atoms with van der Waals surface area (Å²) < 4.78 is 38.9. The molecule has 2 aliphatic heterocycles. The van der Waals surface area contributed by atoms with E-state index in [1.54, 1.807) is 18.7 Å². The van der Waals surface area contributed by atoms with Crippen molar-refractivity contribution in [2.45, 2.75) is 44.4 Å². The topological polar surface area (TPSA) is 61.0 Å². The molecule has 11 heteroatoms. The van der Waals surface area contributed by atoms with Crippen LogP contribution >= 0.6 is 22.9 Å². The Kier molecular flexibility index (Phi) is 5.94. The van der Waals surface area contributed by atoms with Crippen LogP contribution in [-0.4, -0.2) is 48.9 Å². The molecular formula is C25H25ClF2N6OS. The number of halogens is 3. The zero-order valence-corrected chi connectivity index (χ0v) is 21.3. The third kappa shape index (κ3) is 4.26. The van der Waals surface area contributed by atoms with E-state index in [0.29, 0.717) is 28.6 Å². The number of alkyl halides is 2. The first kappa shape index (κ1) is 23.7. The molecule has 1 fully saturated rings. The zero-order chi connectivity index (χ0) is 24.9. The van der Waals surface area contributed by atoms with E-state index in [1.165, 1.54) is 17.4 Å². The number of imidazole rings is 1. The Morgan fingerprint density at radius 2 is 2.00 bits per heavy atom. The predicted octanol–water partition coefficient (Wildman–Crippen LogP) is 5.15. The highest BCUT2D eigenvalue weighted by atomic mass is 35.5. The molecule has 6 heterocycles. The molecule has 36 heavy (non-hydrogen) atoms. The van der Waals surface area contributed by atoms with E-state index in [9.17, 15) is 8.78 Å². The van der Waals surface area contributed by atoms with Gasteiger partial charge in [0, 0.05) is 66.0 Å². The Hall–Kier alpha value is -2.66. The van der Waals surface area contributed by atoms with Gasteiger partial charge in [-0.1, -0.05) is 17.7 Å². The number of hydrogen-bond donors (Lipinski definition) is 0. The molecule has 0 aliphatic carbocycles. The number of nitrogens with zero attached hydrogens (tertiary/aromatic N) is 6. The highest BCUT2D eigenvalue weighted by Gasteiger charge is 2.51. The average Bonchev–Trinajstić information content (AvgIpc) is 3.60. The lowest BCUT2D eigenvalue weighted by Gasteiger charge is -2.45. The second kappa shape index (κ2) is 9.02. The third-order valence-electron chi connectivity index (χ3n) is 7.09. The van der Waals surface area contributed by atoms with Gasteiger partial charge in [-0.3, -0.25) is 4.90 Å². The smallest absolute Gasteiger partial charge is 0.297 e. The van der Waals surface area contributed by atoms with Crippen molar-refractivity contribution >= 4 is 22.9 Å². The molecule has 0 amide bonds. The lowest BCUT2D eigenvalue weighted by atomic mass is 9.84. The van der Waals surface area contributed by atoms with E-state index in [2.05, 4.69) is 14.9 Å². The molecule has 7 nitrogen and oxygen atoms in total. The Bertz CT molecular complexity index is 1380. The molecule has 0 unspecified atom stereocenters. The Morgan fingerprint density at radius 1 is 1.17 bits per heavy atom. The number of aryl methyl sites for hydroxylation is 1. The van der Waals surface area contributed by atoms with E-state index in [-0.39, 0.29) is 5.56 Å². The Balaban J connectivity index is 1.18. The van der Waals surface area contributed by atoms with Crippen molar-refractivity contribution in [1.82, 2.24) is 29.2 Å². The number of pyridine rings is 1. The van der Waals surface area contributed by atoms with Crippen molar-refractivity contribution in [2.75, 3.05) is 19.7 Å². The van der Waals surface area contributed by atoms with Gasteiger partial charge in [0.1, 0.15) is 12.2 Å². The van der Waals surface area contributed by atoms with Crippen LogP contribution in [0.1, 0.15) is 40.1 Å². The number of hydrogen-bond acceptors (Lipinski definition) is 6. The maximum absolute atomic E-state index is 14.4. The van der Waals surface area contributed by atoms with Crippen molar-refractivity contribution in [3.63, 3.8) is 0 Å². The van der Waals surface area contributed by atoms with Gasteiger partial charge in [-0.25, -0.2) is 14.6 Å². The first-order valence-corrected chi connectivity index (χ1v) is 13.0. The fourth-order valence-corrected chi connectivity index (χ4v) is 6.60. The summed E-state index contributed by atoms with van der Waals surface area (Å²) in [6.07, 6.45) is 10.6. The molecule has 0 N–H and O–H groups in total. The van der Waals surface area contributed by atoms with Gasteiger partial charge in [-0.05, 0) is 31.9 Å². The first-order valence-electron chi connectivity index (χ1n) is 11.8. The zero-order valence-electron chi connectivity index (χ0n) is 19.7. The van der Waals surface area contributed by atoms with E-state index >= 15 is 0 Å². The molecule has 0 atom stereocenters.